The normalized spacial score (nSPS) is 12.1. The first-order valence-corrected chi connectivity index (χ1v) is 6.54. The average molecular weight is 283 g/mol. The van der Waals surface area contributed by atoms with Crippen LogP contribution in [0.5, 0.6) is 5.75 Å². The fourth-order valence-corrected chi connectivity index (χ4v) is 1.38. The van der Waals surface area contributed by atoms with Gasteiger partial charge in [0.15, 0.2) is 11.6 Å². The lowest BCUT2D eigenvalue weighted by molar-refractivity contribution is -0.126. The Bertz CT molecular complexity index is 466. The molecule has 0 unspecified atom stereocenters. The van der Waals surface area contributed by atoms with E-state index in [-0.39, 0.29) is 24.7 Å². The number of amides is 1. The van der Waals surface area contributed by atoms with Gasteiger partial charge in [0.1, 0.15) is 0 Å². The molecule has 2 N–H and O–H groups in total. The smallest absolute Gasteiger partial charge is 0.223 e. The average Bonchev–Trinajstić information content (AvgIpc) is 2.29. The number of rotatable bonds is 6. The van der Waals surface area contributed by atoms with Crippen LogP contribution in [0.25, 0.3) is 0 Å². The molecular weight excluding hydrogens is 261 g/mol. The number of hydrogen-bond donors (Lipinski definition) is 2. The molecule has 20 heavy (non-hydrogen) atoms. The number of ether oxygens (including phenoxy) is 1. The summed E-state index contributed by atoms with van der Waals surface area (Å²) < 4.78 is 18.5. The summed E-state index contributed by atoms with van der Waals surface area (Å²) in [5.41, 5.74) is -1.81. The maximum atomic E-state index is 13.3. The van der Waals surface area contributed by atoms with Crippen LogP contribution in [-0.2, 0) is 4.79 Å². The predicted molar refractivity (Wildman–Crippen MR) is 75.0 cm³/mol. The van der Waals surface area contributed by atoms with Crippen molar-refractivity contribution in [3.05, 3.63) is 30.1 Å². The number of carbonyl (C=O) groups is 1. The first kappa shape index (κ1) is 16.4. The van der Waals surface area contributed by atoms with Gasteiger partial charge in [0.2, 0.25) is 5.91 Å². The highest BCUT2D eigenvalue weighted by atomic mass is 19.1. The molecule has 1 aromatic carbocycles. The second-order valence-corrected chi connectivity index (χ2v) is 5.76. The summed E-state index contributed by atoms with van der Waals surface area (Å²) >= 11 is 0. The molecule has 0 aliphatic rings. The van der Waals surface area contributed by atoms with Crippen molar-refractivity contribution in [2.24, 2.45) is 0 Å². The first-order chi connectivity index (χ1) is 9.13. The Hall–Kier alpha value is -1.62. The second-order valence-electron chi connectivity index (χ2n) is 5.76. The van der Waals surface area contributed by atoms with Crippen molar-refractivity contribution in [3.63, 3.8) is 0 Å². The van der Waals surface area contributed by atoms with E-state index in [9.17, 15) is 14.3 Å². The Labute approximate surface area is 119 Å². The Morgan fingerprint density at radius 2 is 1.90 bits per heavy atom. The molecule has 0 bridgehead atoms. The highest BCUT2D eigenvalue weighted by Gasteiger charge is 2.36. The van der Waals surface area contributed by atoms with Gasteiger partial charge in [0.05, 0.1) is 24.2 Å². The van der Waals surface area contributed by atoms with Gasteiger partial charge in [0, 0.05) is 0 Å². The summed E-state index contributed by atoms with van der Waals surface area (Å²) in [6, 6.07) is 6.04. The van der Waals surface area contributed by atoms with Gasteiger partial charge < -0.3 is 15.2 Å². The number of benzene rings is 1. The number of halogens is 1. The molecule has 0 saturated carbocycles. The van der Waals surface area contributed by atoms with E-state index in [2.05, 4.69) is 5.32 Å². The lowest BCUT2D eigenvalue weighted by Crippen LogP contribution is -2.57. The first-order valence-electron chi connectivity index (χ1n) is 6.54. The van der Waals surface area contributed by atoms with Gasteiger partial charge in [-0.25, -0.2) is 4.39 Å². The van der Waals surface area contributed by atoms with Crippen molar-refractivity contribution in [1.29, 1.82) is 0 Å². The van der Waals surface area contributed by atoms with Crippen molar-refractivity contribution >= 4 is 5.91 Å². The molecule has 0 atom stereocenters. The van der Waals surface area contributed by atoms with Crippen LogP contribution in [0.2, 0.25) is 0 Å². The Balaban J connectivity index is 2.44. The third kappa shape index (κ3) is 4.49. The molecule has 0 aliphatic carbocycles. The summed E-state index contributed by atoms with van der Waals surface area (Å²) in [6.07, 6.45) is 0.0911. The van der Waals surface area contributed by atoms with Crippen LogP contribution in [-0.4, -0.2) is 28.8 Å². The van der Waals surface area contributed by atoms with E-state index in [0.29, 0.717) is 0 Å². The van der Waals surface area contributed by atoms with E-state index in [1.54, 1.807) is 39.8 Å². The van der Waals surface area contributed by atoms with Crippen molar-refractivity contribution < 1.29 is 19.0 Å². The molecule has 0 heterocycles. The maximum Gasteiger partial charge on any atom is 0.223 e. The fraction of sp³-hybridized carbons (Fsp3) is 0.533. The van der Waals surface area contributed by atoms with E-state index in [0.717, 1.165) is 0 Å². The van der Waals surface area contributed by atoms with E-state index in [1.807, 2.05) is 0 Å². The van der Waals surface area contributed by atoms with Crippen LogP contribution in [0, 0.1) is 5.82 Å². The Morgan fingerprint density at radius 3 is 2.45 bits per heavy atom. The minimum atomic E-state index is -1.05. The summed E-state index contributed by atoms with van der Waals surface area (Å²) in [4.78, 5) is 11.8. The third-order valence-corrected chi connectivity index (χ3v) is 3.40. The second kappa shape index (κ2) is 6.22. The molecule has 112 valence electrons. The molecule has 0 radical (unpaired) electrons. The summed E-state index contributed by atoms with van der Waals surface area (Å²) in [6.45, 7) is 6.81. The lowest BCUT2D eigenvalue weighted by atomic mass is 9.86. The fourth-order valence-electron chi connectivity index (χ4n) is 1.38. The van der Waals surface area contributed by atoms with Crippen LogP contribution in [0.1, 0.15) is 34.1 Å². The molecule has 0 spiro atoms. The van der Waals surface area contributed by atoms with Crippen LogP contribution in [0.15, 0.2) is 24.3 Å². The molecule has 0 aliphatic heterocycles. The van der Waals surface area contributed by atoms with Crippen LogP contribution < -0.4 is 10.1 Å². The van der Waals surface area contributed by atoms with Crippen molar-refractivity contribution in [3.8, 4) is 5.75 Å². The van der Waals surface area contributed by atoms with E-state index < -0.39 is 17.0 Å². The Morgan fingerprint density at radius 1 is 1.30 bits per heavy atom. The molecule has 1 rings (SSSR count). The largest absolute Gasteiger partial charge is 0.490 e. The van der Waals surface area contributed by atoms with Gasteiger partial charge in [0.25, 0.3) is 0 Å². The van der Waals surface area contributed by atoms with Crippen molar-refractivity contribution in [2.75, 3.05) is 6.61 Å². The molecule has 4 nitrogen and oxygen atoms in total. The zero-order valence-electron chi connectivity index (χ0n) is 12.4. The summed E-state index contributed by atoms with van der Waals surface area (Å²) in [7, 11) is 0. The van der Waals surface area contributed by atoms with Crippen molar-refractivity contribution in [2.45, 2.75) is 45.3 Å². The number of carbonyl (C=O) groups excluding carboxylic acids is 1. The van der Waals surface area contributed by atoms with Crippen LogP contribution >= 0.6 is 0 Å². The molecule has 0 saturated heterocycles. The molecule has 1 aromatic rings. The minimum absolute atomic E-state index is 0.0781. The topological polar surface area (TPSA) is 58.6 Å². The zero-order valence-corrected chi connectivity index (χ0v) is 12.4. The molecule has 0 fully saturated rings. The molecular formula is C15H22FNO3. The van der Waals surface area contributed by atoms with Crippen LogP contribution in [0.4, 0.5) is 4.39 Å². The number of aliphatic hydroxyl groups is 1. The van der Waals surface area contributed by atoms with Gasteiger partial charge in [-0.15, -0.1) is 0 Å². The van der Waals surface area contributed by atoms with Gasteiger partial charge in [-0.05, 0) is 39.8 Å². The Kier molecular flexibility index (Phi) is 5.11. The van der Waals surface area contributed by atoms with Crippen LogP contribution in [0.3, 0.4) is 0 Å². The third-order valence-electron chi connectivity index (χ3n) is 3.40. The zero-order chi connectivity index (χ0) is 15.4. The van der Waals surface area contributed by atoms with E-state index >= 15 is 0 Å². The highest BCUT2D eigenvalue weighted by molar-refractivity contribution is 5.77. The quantitative estimate of drug-likeness (QED) is 0.842. The van der Waals surface area contributed by atoms with E-state index in [4.69, 9.17) is 4.74 Å². The van der Waals surface area contributed by atoms with Crippen molar-refractivity contribution in [1.82, 2.24) is 5.32 Å². The lowest BCUT2D eigenvalue weighted by Gasteiger charge is -2.38. The number of nitrogens with one attached hydrogen (secondary N) is 1. The number of hydrogen-bond acceptors (Lipinski definition) is 3. The van der Waals surface area contributed by atoms with Gasteiger partial charge in [-0.2, -0.15) is 0 Å². The van der Waals surface area contributed by atoms with E-state index in [1.165, 1.54) is 12.1 Å². The summed E-state index contributed by atoms with van der Waals surface area (Å²) in [5, 5.41) is 12.7. The standard InChI is InChI=1S/C15H22FNO3/c1-14(2,15(3,4)19)17-13(18)9-10-20-12-8-6-5-7-11(12)16/h5-8,19H,9-10H2,1-4H3,(H,17,18). The summed E-state index contributed by atoms with van der Waals surface area (Å²) in [5.74, 6) is -0.583. The molecule has 1 amide bonds. The maximum absolute atomic E-state index is 13.3. The molecule has 0 aromatic heterocycles. The number of para-hydroxylation sites is 1. The van der Waals surface area contributed by atoms with Gasteiger partial charge in [-0.1, -0.05) is 12.1 Å². The monoisotopic (exact) mass is 283 g/mol. The SMILES string of the molecule is CC(C)(O)C(C)(C)NC(=O)CCOc1ccccc1F. The predicted octanol–water partition coefficient (Wildman–Crippen LogP) is 2.26. The van der Waals surface area contributed by atoms with Gasteiger partial charge >= 0.3 is 0 Å². The highest BCUT2D eigenvalue weighted by Crippen LogP contribution is 2.20. The molecule has 5 heteroatoms. The minimum Gasteiger partial charge on any atom is -0.490 e. The van der Waals surface area contributed by atoms with Gasteiger partial charge in [-0.3, -0.25) is 4.79 Å².